The molecule has 0 aliphatic heterocycles. The van der Waals surface area contributed by atoms with E-state index in [2.05, 4.69) is 36.5 Å². The summed E-state index contributed by atoms with van der Waals surface area (Å²) in [4.78, 5) is 7.92. The fourth-order valence-corrected chi connectivity index (χ4v) is 2.14. The summed E-state index contributed by atoms with van der Waals surface area (Å²) in [7, 11) is 2.14. The molecule has 0 unspecified atom stereocenters. The van der Waals surface area contributed by atoms with Crippen LogP contribution < -0.4 is 0 Å². The summed E-state index contributed by atoms with van der Waals surface area (Å²) in [6.07, 6.45) is 1.15. The summed E-state index contributed by atoms with van der Waals surface area (Å²) in [6.45, 7) is 4.20. The molecular weight excluding hydrogens is 200 g/mol. The molecule has 1 aromatic rings. The zero-order chi connectivity index (χ0) is 9.68. The van der Waals surface area contributed by atoms with Gasteiger partial charge in [-0.1, -0.05) is 0 Å². The normalized spacial score (nSPS) is 11.1. The first kappa shape index (κ1) is 11.0. The molecule has 1 heterocycles. The molecule has 0 aliphatic carbocycles. The Bertz CT molecular complexity index is 248. The lowest BCUT2D eigenvalue weighted by Gasteiger charge is -2.14. The van der Waals surface area contributed by atoms with Crippen LogP contribution >= 0.6 is 24.0 Å². The molecule has 4 heteroatoms. The monoisotopic (exact) mass is 216 g/mol. The molecule has 74 valence electrons. The van der Waals surface area contributed by atoms with Gasteiger partial charge in [-0.25, -0.2) is 4.98 Å². The highest BCUT2D eigenvalue weighted by Crippen LogP contribution is 2.13. The maximum atomic E-state index is 4.23. The summed E-state index contributed by atoms with van der Waals surface area (Å²) in [5.74, 6) is 0.964. The van der Waals surface area contributed by atoms with Crippen molar-refractivity contribution in [1.29, 1.82) is 0 Å². The van der Waals surface area contributed by atoms with Gasteiger partial charge in [0, 0.05) is 11.4 Å². The number of hydrogen-bond acceptors (Lipinski definition) is 4. The molecule has 0 aromatic carbocycles. The highest BCUT2D eigenvalue weighted by Gasteiger charge is 2.04. The van der Waals surface area contributed by atoms with Gasteiger partial charge in [0.15, 0.2) is 0 Å². The maximum Gasteiger partial charge on any atom is 0.0798 e. The van der Waals surface area contributed by atoms with Gasteiger partial charge in [-0.3, -0.25) is 0 Å². The molecule has 0 saturated heterocycles. The first-order valence-corrected chi connectivity index (χ1v) is 5.93. The van der Waals surface area contributed by atoms with Crippen LogP contribution in [0.2, 0.25) is 0 Å². The number of thiol groups is 1. The van der Waals surface area contributed by atoms with Crippen molar-refractivity contribution in [3.8, 4) is 0 Å². The molecule has 0 spiro atoms. The largest absolute Gasteiger partial charge is 0.301 e. The summed E-state index contributed by atoms with van der Waals surface area (Å²) >= 11 is 5.93. The van der Waals surface area contributed by atoms with Crippen molar-refractivity contribution in [2.75, 3.05) is 19.3 Å². The van der Waals surface area contributed by atoms with Crippen molar-refractivity contribution in [2.24, 2.45) is 0 Å². The topological polar surface area (TPSA) is 16.1 Å². The SMILES string of the molecule is Cc1ncsc1CN(C)CCCS. The van der Waals surface area contributed by atoms with Crippen molar-refractivity contribution in [3.63, 3.8) is 0 Å². The Morgan fingerprint density at radius 1 is 1.62 bits per heavy atom. The summed E-state index contributed by atoms with van der Waals surface area (Å²) in [5, 5.41) is 0. The third-order valence-electron chi connectivity index (χ3n) is 1.96. The molecule has 2 nitrogen and oxygen atoms in total. The van der Waals surface area contributed by atoms with E-state index in [-0.39, 0.29) is 0 Å². The molecule has 1 aromatic heterocycles. The van der Waals surface area contributed by atoms with E-state index in [1.807, 2.05) is 5.51 Å². The summed E-state index contributed by atoms with van der Waals surface area (Å²) in [6, 6.07) is 0. The molecular formula is C9H16N2S2. The highest BCUT2D eigenvalue weighted by molar-refractivity contribution is 7.80. The van der Waals surface area contributed by atoms with Crippen LogP contribution in [0.1, 0.15) is 17.0 Å². The minimum absolute atomic E-state index is 0.964. The van der Waals surface area contributed by atoms with Crippen molar-refractivity contribution in [1.82, 2.24) is 9.88 Å². The molecule has 0 fully saturated rings. The van der Waals surface area contributed by atoms with Gasteiger partial charge >= 0.3 is 0 Å². The van der Waals surface area contributed by atoms with Crippen LogP contribution in [0.3, 0.4) is 0 Å². The number of thiazole rings is 1. The average molecular weight is 216 g/mol. The minimum atomic E-state index is 0.964. The van der Waals surface area contributed by atoms with Crippen LogP contribution in [-0.4, -0.2) is 29.2 Å². The van der Waals surface area contributed by atoms with Gasteiger partial charge in [0.2, 0.25) is 0 Å². The van der Waals surface area contributed by atoms with E-state index in [0.717, 1.165) is 25.3 Å². The van der Waals surface area contributed by atoms with E-state index < -0.39 is 0 Å². The standard InChI is InChI=1S/C9H16N2S2/c1-8-9(13-7-10-8)6-11(2)4-3-5-12/h7,12H,3-6H2,1-2H3. The highest BCUT2D eigenvalue weighted by atomic mass is 32.1. The fraction of sp³-hybridized carbons (Fsp3) is 0.667. The second-order valence-corrected chi connectivity index (χ2v) is 4.56. The number of hydrogen-bond donors (Lipinski definition) is 1. The molecule has 13 heavy (non-hydrogen) atoms. The summed E-state index contributed by atoms with van der Waals surface area (Å²) < 4.78 is 0. The molecule has 0 N–H and O–H groups in total. The van der Waals surface area contributed by atoms with Gasteiger partial charge < -0.3 is 4.90 Å². The fourth-order valence-electron chi connectivity index (χ4n) is 1.14. The van der Waals surface area contributed by atoms with Crippen molar-refractivity contribution < 1.29 is 0 Å². The van der Waals surface area contributed by atoms with Crippen LogP contribution in [0.25, 0.3) is 0 Å². The smallest absolute Gasteiger partial charge is 0.0798 e. The van der Waals surface area contributed by atoms with Gasteiger partial charge in [-0.05, 0) is 32.7 Å². The third kappa shape index (κ3) is 3.67. The second-order valence-electron chi connectivity index (χ2n) is 3.18. The number of rotatable bonds is 5. The van der Waals surface area contributed by atoms with Crippen molar-refractivity contribution in [2.45, 2.75) is 19.9 Å². The first-order valence-electron chi connectivity index (χ1n) is 4.42. The Balaban J connectivity index is 2.36. The predicted molar refractivity (Wildman–Crippen MR) is 61.7 cm³/mol. The van der Waals surface area contributed by atoms with Crippen LogP contribution in [0, 0.1) is 6.92 Å². The average Bonchev–Trinajstić information content (AvgIpc) is 2.48. The Hall–Kier alpha value is -0.0600. The molecule has 0 bridgehead atoms. The minimum Gasteiger partial charge on any atom is -0.301 e. The van der Waals surface area contributed by atoms with E-state index in [1.165, 1.54) is 10.6 Å². The maximum absolute atomic E-state index is 4.23. The molecule has 1 rings (SSSR count). The van der Waals surface area contributed by atoms with Gasteiger partial charge in [-0.15, -0.1) is 11.3 Å². The summed E-state index contributed by atoms with van der Waals surface area (Å²) in [5.41, 5.74) is 3.08. The molecule has 0 saturated carbocycles. The number of aryl methyl sites for hydroxylation is 1. The van der Waals surface area contributed by atoms with Gasteiger partial charge in [0.25, 0.3) is 0 Å². The Morgan fingerprint density at radius 2 is 2.38 bits per heavy atom. The van der Waals surface area contributed by atoms with Gasteiger partial charge in [0.05, 0.1) is 11.2 Å². The van der Waals surface area contributed by atoms with Gasteiger partial charge in [-0.2, -0.15) is 12.6 Å². The zero-order valence-corrected chi connectivity index (χ0v) is 9.87. The van der Waals surface area contributed by atoms with E-state index in [9.17, 15) is 0 Å². The Morgan fingerprint density at radius 3 is 2.92 bits per heavy atom. The quantitative estimate of drug-likeness (QED) is 0.760. The van der Waals surface area contributed by atoms with E-state index in [1.54, 1.807) is 11.3 Å². The van der Waals surface area contributed by atoms with Crippen LogP contribution in [0.4, 0.5) is 0 Å². The number of nitrogens with zero attached hydrogens (tertiary/aromatic N) is 2. The van der Waals surface area contributed by atoms with E-state index >= 15 is 0 Å². The first-order chi connectivity index (χ1) is 6.24. The lowest BCUT2D eigenvalue weighted by Crippen LogP contribution is -2.19. The Kier molecular flexibility index (Phi) is 4.77. The molecule has 0 amide bonds. The predicted octanol–water partition coefficient (Wildman–Crippen LogP) is 2.20. The lowest BCUT2D eigenvalue weighted by atomic mass is 10.3. The molecule has 0 atom stereocenters. The van der Waals surface area contributed by atoms with Crippen LogP contribution in [-0.2, 0) is 6.54 Å². The van der Waals surface area contributed by atoms with Crippen molar-refractivity contribution >= 4 is 24.0 Å². The van der Waals surface area contributed by atoms with E-state index in [4.69, 9.17) is 0 Å². The number of aromatic nitrogens is 1. The van der Waals surface area contributed by atoms with E-state index in [0.29, 0.717) is 0 Å². The second kappa shape index (κ2) is 5.62. The van der Waals surface area contributed by atoms with Gasteiger partial charge in [0.1, 0.15) is 0 Å². The molecule has 0 aliphatic rings. The van der Waals surface area contributed by atoms with Crippen LogP contribution in [0.5, 0.6) is 0 Å². The Labute approximate surface area is 89.4 Å². The third-order valence-corrected chi connectivity index (χ3v) is 3.19. The van der Waals surface area contributed by atoms with Crippen molar-refractivity contribution in [3.05, 3.63) is 16.1 Å². The van der Waals surface area contributed by atoms with Crippen LogP contribution in [0.15, 0.2) is 5.51 Å². The zero-order valence-electron chi connectivity index (χ0n) is 8.16. The lowest BCUT2D eigenvalue weighted by molar-refractivity contribution is 0.330. The molecule has 0 radical (unpaired) electrons.